The highest BCUT2D eigenvalue weighted by Crippen LogP contribution is 2.04. The van der Waals surface area contributed by atoms with Gasteiger partial charge in [0.05, 0.1) is 0 Å². The van der Waals surface area contributed by atoms with E-state index in [4.69, 9.17) is 10.5 Å². The number of hydrogen-bond acceptors (Lipinski definition) is 2. The summed E-state index contributed by atoms with van der Waals surface area (Å²) < 4.78 is 16.8. The molecular weight excluding hydrogens is 169 g/mol. The number of ether oxygens (including phenoxy) is 1. The third-order valence-corrected chi connectivity index (χ3v) is 1.48. The van der Waals surface area contributed by atoms with Gasteiger partial charge >= 0.3 is 0 Å². The van der Waals surface area contributed by atoms with Crippen LogP contribution >= 0.6 is 0 Å². The summed E-state index contributed by atoms with van der Waals surface area (Å²) in [5.74, 6) is 0.552. The molecule has 0 aliphatic carbocycles. The molecule has 3 heteroatoms. The molecule has 0 radical (unpaired) electrons. The Hall–Kier alpha value is -1.09. The van der Waals surface area contributed by atoms with E-state index in [9.17, 15) is 4.39 Å². The molecule has 0 heterocycles. The van der Waals surface area contributed by atoms with Gasteiger partial charge in [0.15, 0.2) is 0 Å². The lowest BCUT2D eigenvalue weighted by atomic mass is 10.2. The zero-order valence-corrected chi connectivity index (χ0v) is 7.92. The van der Waals surface area contributed by atoms with Crippen molar-refractivity contribution in [2.45, 2.75) is 6.92 Å². The first-order chi connectivity index (χ1) is 6.28. The van der Waals surface area contributed by atoms with E-state index in [1.807, 2.05) is 13.0 Å². The Morgan fingerprint density at radius 3 is 2.69 bits per heavy atom. The van der Waals surface area contributed by atoms with Crippen molar-refractivity contribution < 1.29 is 9.13 Å². The van der Waals surface area contributed by atoms with Crippen LogP contribution in [0.5, 0.6) is 0 Å². The smallest absolute Gasteiger partial charge is 0.123 e. The van der Waals surface area contributed by atoms with E-state index in [2.05, 4.69) is 6.58 Å². The molecule has 0 atom stereocenters. The lowest BCUT2D eigenvalue weighted by Gasteiger charge is -2.04. The number of allylic oxidation sites excluding steroid dienone is 2. The molecule has 0 rings (SSSR count). The van der Waals surface area contributed by atoms with Crippen molar-refractivity contribution in [2.24, 2.45) is 5.73 Å². The second kappa shape index (κ2) is 7.55. The highest BCUT2D eigenvalue weighted by molar-refractivity contribution is 5.26. The standard InChI is InChI=1S/C10H16FNO/c1-3-9(8-12)7-10(4-2)13-6-5-11/h3-4,7H,2,5-6,8,12H2,1H3/b9-3+,10-7+. The number of nitrogens with two attached hydrogens (primary N) is 1. The Kier molecular flexibility index (Phi) is 6.92. The summed E-state index contributed by atoms with van der Waals surface area (Å²) in [5, 5.41) is 0. The Balaban J connectivity index is 4.27. The Morgan fingerprint density at radius 1 is 1.62 bits per heavy atom. The summed E-state index contributed by atoms with van der Waals surface area (Å²) in [6.45, 7) is 5.43. The van der Waals surface area contributed by atoms with Crippen LogP contribution in [-0.2, 0) is 4.74 Å². The lowest BCUT2D eigenvalue weighted by Crippen LogP contribution is -2.02. The summed E-state index contributed by atoms with van der Waals surface area (Å²) >= 11 is 0. The van der Waals surface area contributed by atoms with Gasteiger partial charge < -0.3 is 10.5 Å². The number of hydrogen-bond donors (Lipinski definition) is 1. The molecule has 0 aliphatic heterocycles. The van der Waals surface area contributed by atoms with E-state index in [0.717, 1.165) is 5.57 Å². The molecule has 0 fully saturated rings. The fourth-order valence-electron chi connectivity index (χ4n) is 0.759. The SMILES string of the molecule is C=C/C(=C\C(=C/C)CN)OCCF. The molecule has 0 spiro atoms. The maximum atomic E-state index is 11.8. The van der Waals surface area contributed by atoms with Gasteiger partial charge in [0.1, 0.15) is 19.0 Å². The Bertz CT molecular complexity index is 209. The van der Waals surface area contributed by atoms with Crippen LogP contribution < -0.4 is 5.73 Å². The van der Waals surface area contributed by atoms with Crippen molar-refractivity contribution in [2.75, 3.05) is 19.8 Å². The summed E-state index contributed by atoms with van der Waals surface area (Å²) in [6.07, 6.45) is 5.17. The predicted octanol–water partition coefficient (Wildman–Crippen LogP) is 1.95. The maximum Gasteiger partial charge on any atom is 0.123 e. The normalized spacial score (nSPS) is 12.8. The van der Waals surface area contributed by atoms with Crippen LogP contribution in [0.1, 0.15) is 6.92 Å². The molecule has 0 aromatic carbocycles. The highest BCUT2D eigenvalue weighted by Gasteiger charge is 1.94. The second-order valence-corrected chi connectivity index (χ2v) is 2.36. The van der Waals surface area contributed by atoms with E-state index in [1.54, 1.807) is 6.08 Å². The fraction of sp³-hybridized carbons (Fsp3) is 0.400. The summed E-state index contributed by atoms with van der Waals surface area (Å²) in [5.41, 5.74) is 6.38. The van der Waals surface area contributed by atoms with Gasteiger partial charge in [-0.2, -0.15) is 0 Å². The zero-order chi connectivity index (χ0) is 10.1. The average molecular weight is 185 g/mol. The molecule has 13 heavy (non-hydrogen) atoms. The van der Waals surface area contributed by atoms with E-state index in [0.29, 0.717) is 12.3 Å². The number of rotatable bonds is 6. The third-order valence-electron chi connectivity index (χ3n) is 1.48. The molecule has 0 aromatic heterocycles. The molecule has 0 bridgehead atoms. The Labute approximate surface area is 78.6 Å². The molecule has 0 saturated carbocycles. The van der Waals surface area contributed by atoms with Gasteiger partial charge in [-0.3, -0.25) is 0 Å². The van der Waals surface area contributed by atoms with E-state index in [1.165, 1.54) is 6.08 Å². The van der Waals surface area contributed by atoms with Gasteiger partial charge in [-0.15, -0.1) is 0 Å². The quantitative estimate of drug-likeness (QED) is 0.507. The molecule has 0 aliphatic rings. The minimum atomic E-state index is -0.501. The number of alkyl halides is 1. The van der Waals surface area contributed by atoms with E-state index >= 15 is 0 Å². The van der Waals surface area contributed by atoms with Crippen LogP contribution in [0.25, 0.3) is 0 Å². The topological polar surface area (TPSA) is 35.2 Å². The van der Waals surface area contributed by atoms with Gasteiger partial charge in [0.25, 0.3) is 0 Å². The molecule has 74 valence electrons. The molecule has 0 saturated heterocycles. The van der Waals surface area contributed by atoms with Crippen molar-refractivity contribution in [3.8, 4) is 0 Å². The van der Waals surface area contributed by atoms with Gasteiger partial charge in [-0.25, -0.2) is 4.39 Å². The number of halogens is 1. The molecule has 2 N–H and O–H groups in total. The van der Waals surface area contributed by atoms with Crippen LogP contribution in [0.3, 0.4) is 0 Å². The monoisotopic (exact) mass is 185 g/mol. The summed E-state index contributed by atoms with van der Waals surface area (Å²) in [6, 6.07) is 0. The predicted molar refractivity (Wildman–Crippen MR) is 53.0 cm³/mol. The molecular formula is C10H16FNO. The Morgan fingerprint density at radius 2 is 2.31 bits per heavy atom. The first-order valence-electron chi connectivity index (χ1n) is 4.16. The van der Waals surface area contributed by atoms with Crippen LogP contribution in [0.2, 0.25) is 0 Å². The maximum absolute atomic E-state index is 11.8. The van der Waals surface area contributed by atoms with Gasteiger partial charge in [0, 0.05) is 6.54 Å². The minimum absolute atomic E-state index is 0.0550. The summed E-state index contributed by atoms with van der Waals surface area (Å²) in [7, 11) is 0. The third kappa shape index (κ3) is 5.20. The molecule has 0 amide bonds. The fourth-order valence-corrected chi connectivity index (χ4v) is 0.759. The largest absolute Gasteiger partial charge is 0.491 e. The first kappa shape index (κ1) is 11.9. The molecule has 2 nitrogen and oxygen atoms in total. The van der Waals surface area contributed by atoms with Crippen LogP contribution in [-0.4, -0.2) is 19.8 Å². The van der Waals surface area contributed by atoms with Crippen LogP contribution in [0.15, 0.2) is 36.1 Å². The van der Waals surface area contributed by atoms with E-state index in [-0.39, 0.29) is 6.61 Å². The summed E-state index contributed by atoms with van der Waals surface area (Å²) in [4.78, 5) is 0. The van der Waals surface area contributed by atoms with Crippen molar-refractivity contribution in [3.05, 3.63) is 36.1 Å². The molecule has 0 unspecified atom stereocenters. The highest BCUT2D eigenvalue weighted by atomic mass is 19.1. The molecule has 0 aromatic rings. The van der Waals surface area contributed by atoms with E-state index < -0.39 is 6.67 Å². The average Bonchev–Trinajstić information content (AvgIpc) is 2.19. The van der Waals surface area contributed by atoms with Crippen LogP contribution in [0, 0.1) is 0 Å². The first-order valence-corrected chi connectivity index (χ1v) is 4.16. The van der Waals surface area contributed by atoms with Crippen molar-refractivity contribution in [1.29, 1.82) is 0 Å². The van der Waals surface area contributed by atoms with Gasteiger partial charge in [-0.05, 0) is 24.6 Å². The minimum Gasteiger partial charge on any atom is -0.491 e. The zero-order valence-electron chi connectivity index (χ0n) is 7.92. The van der Waals surface area contributed by atoms with Crippen molar-refractivity contribution in [3.63, 3.8) is 0 Å². The van der Waals surface area contributed by atoms with Gasteiger partial charge in [0.2, 0.25) is 0 Å². The second-order valence-electron chi connectivity index (χ2n) is 2.36. The lowest BCUT2D eigenvalue weighted by molar-refractivity contribution is 0.198. The van der Waals surface area contributed by atoms with Crippen LogP contribution in [0.4, 0.5) is 4.39 Å². The van der Waals surface area contributed by atoms with Crippen molar-refractivity contribution in [1.82, 2.24) is 0 Å². The van der Waals surface area contributed by atoms with Gasteiger partial charge in [-0.1, -0.05) is 12.7 Å². The van der Waals surface area contributed by atoms with Crippen molar-refractivity contribution >= 4 is 0 Å².